The molecule has 1 unspecified atom stereocenters. The van der Waals surface area contributed by atoms with Crippen LogP contribution in [0.15, 0.2) is 0 Å². The van der Waals surface area contributed by atoms with Crippen molar-refractivity contribution in [3.05, 3.63) is 0 Å². The molecule has 0 rings (SSSR count). The standard InChI is InChI=1S/C4H11NO/c1-2-5-3-4-6/h5-6H,2-4H2,1H3/i1D3,2D. The van der Waals surface area contributed by atoms with Crippen molar-refractivity contribution in [3.8, 4) is 0 Å². The molecule has 2 nitrogen and oxygen atoms in total. The molecule has 0 aromatic carbocycles. The van der Waals surface area contributed by atoms with E-state index in [1.165, 1.54) is 0 Å². The molecule has 1 atom stereocenters. The molecule has 0 fully saturated rings. The zero-order chi connectivity index (χ0) is 8.20. The Morgan fingerprint density at radius 2 is 3.00 bits per heavy atom. The smallest absolute Gasteiger partial charge is 0.0555 e. The third kappa shape index (κ3) is 3.92. The lowest BCUT2D eigenvalue weighted by atomic mass is 10.6. The van der Waals surface area contributed by atoms with Crippen LogP contribution in [0.1, 0.15) is 12.3 Å². The number of likely N-dealkylation sites (N-methyl/N-ethyl adjacent to an activating group) is 1. The van der Waals surface area contributed by atoms with Crippen LogP contribution in [0.4, 0.5) is 0 Å². The number of nitrogens with one attached hydrogen (secondary N) is 1. The zero-order valence-corrected chi connectivity index (χ0v) is 3.44. The van der Waals surface area contributed by atoms with E-state index in [4.69, 9.17) is 10.6 Å². The first kappa shape index (κ1) is 1.80. The van der Waals surface area contributed by atoms with Crippen molar-refractivity contribution in [3.63, 3.8) is 0 Å². The third-order valence-electron chi connectivity index (χ3n) is 0.358. The molecule has 0 bridgehead atoms. The van der Waals surface area contributed by atoms with Crippen LogP contribution in [0.5, 0.6) is 0 Å². The number of aliphatic hydroxyl groups excluding tert-OH is 1. The van der Waals surface area contributed by atoms with Gasteiger partial charge >= 0.3 is 0 Å². The van der Waals surface area contributed by atoms with Gasteiger partial charge in [-0.25, -0.2) is 0 Å². The summed E-state index contributed by atoms with van der Waals surface area (Å²) in [5.41, 5.74) is 0. The highest BCUT2D eigenvalue weighted by Crippen LogP contribution is 1.51. The largest absolute Gasteiger partial charge is 0.395 e. The van der Waals surface area contributed by atoms with Crippen LogP contribution in [0.25, 0.3) is 0 Å². The predicted molar refractivity (Wildman–Crippen MR) is 25.6 cm³/mol. The highest BCUT2D eigenvalue weighted by Gasteiger charge is 1.72. The quantitative estimate of drug-likeness (QED) is 0.497. The van der Waals surface area contributed by atoms with Gasteiger partial charge in [-0.05, 0) is 6.52 Å². The van der Waals surface area contributed by atoms with Gasteiger partial charge in [0, 0.05) is 12.0 Å². The Morgan fingerprint density at radius 3 is 3.50 bits per heavy atom. The third-order valence-corrected chi connectivity index (χ3v) is 0.358. The van der Waals surface area contributed by atoms with Gasteiger partial charge in [-0.3, -0.25) is 0 Å². The molecule has 0 aliphatic heterocycles. The summed E-state index contributed by atoms with van der Waals surface area (Å²) in [6, 6.07) is 0. The first-order valence-corrected chi connectivity index (χ1v) is 1.75. The second-order valence-electron chi connectivity index (χ2n) is 0.822. The lowest BCUT2D eigenvalue weighted by Gasteiger charge is -1.91. The van der Waals surface area contributed by atoms with Crippen molar-refractivity contribution in [1.82, 2.24) is 5.32 Å². The van der Waals surface area contributed by atoms with Crippen molar-refractivity contribution in [2.75, 3.05) is 19.7 Å². The van der Waals surface area contributed by atoms with Crippen molar-refractivity contribution in [1.29, 1.82) is 0 Å². The fourth-order valence-corrected chi connectivity index (χ4v) is 0.137. The lowest BCUT2D eigenvalue weighted by Crippen LogP contribution is -2.16. The van der Waals surface area contributed by atoms with E-state index in [1.54, 1.807) is 0 Å². The number of hydrogen-bond acceptors (Lipinski definition) is 2. The maximum atomic E-state index is 8.25. The van der Waals surface area contributed by atoms with E-state index in [9.17, 15) is 0 Å². The number of aliphatic hydroxyl groups is 1. The highest BCUT2D eigenvalue weighted by molar-refractivity contribution is 4.35. The van der Waals surface area contributed by atoms with E-state index in [0.717, 1.165) is 0 Å². The van der Waals surface area contributed by atoms with E-state index in [0.29, 0.717) is 0 Å². The highest BCUT2D eigenvalue weighted by atomic mass is 16.3. The summed E-state index contributed by atoms with van der Waals surface area (Å²) < 4.78 is 27.1. The second kappa shape index (κ2) is 4.92. The summed E-state index contributed by atoms with van der Waals surface area (Å²) in [5.74, 6) is 0. The molecule has 2 N–H and O–H groups in total. The van der Waals surface area contributed by atoms with Gasteiger partial charge in [0.1, 0.15) is 0 Å². The fraction of sp³-hybridized carbons (Fsp3) is 1.00. The zero-order valence-electron chi connectivity index (χ0n) is 7.44. The minimum absolute atomic E-state index is 0.145. The van der Waals surface area contributed by atoms with Crippen molar-refractivity contribution in [2.24, 2.45) is 0 Å². The minimum Gasteiger partial charge on any atom is -0.395 e. The predicted octanol–water partition coefficient (Wildman–Crippen LogP) is -0.412. The molecule has 0 aliphatic rings. The SMILES string of the molecule is [2H]C(NCCO)C([2H])([2H])[2H]. The first-order valence-electron chi connectivity index (χ1n) is 3.82. The second-order valence-corrected chi connectivity index (χ2v) is 0.822. The molecule has 38 valence electrons. The molecule has 0 aliphatic carbocycles. The molecule has 0 aromatic heterocycles. The topological polar surface area (TPSA) is 32.3 Å². The van der Waals surface area contributed by atoms with Crippen molar-refractivity contribution < 1.29 is 10.6 Å². The molecule has 0 saturated carbocycles. The molecule has 0 spiro atoms. The van der Waals surface area contributed by atoms with Crippen LogP contribution in [0.3, 0.4) is 0 Å². The van der Waals surface area contributed by atoms with Gasteiger partial charge in [-0.1, -0.05) is 6.85 Å². The molecular weight excluding hydrogens is 78.0 g/mol. The van der Waals surface area contributed by atoms with Gasteiger partial charge in [-0.2, -0.15) is 0 Å². The van der Waals surface area contributed by atoms with E-state index >= 15 is 0 Å². The summed E-state index contributed by atoms with van der Waals surface area (Å²) >= 11 is 0. The summed E-state index contributed by atoms with van der Waals surface area (Å²) in [7, 11) is 0. The Hall–Kier alpha value is -0.0800. The van der Waals surface area contributed by atoms with Crippen LogP contribution < -0.4 is 5.32 Å². The molecule has 0 saturated heterocycles. The summed E-state index contributed by atoms with van der Waals surface area (Å²) in [5, 5.41) is 10.6. The van der Waals surface area contributed by atoms with E-state index in [1.807, 2.05) is 0 Å². The van der Waals surface area contributed by atoms with Crippen LogP contribution in [-0.2, 0) is 0 Å². The average Bonchev–Trinajstić information content (AvgIpc) is 1.80. The summed E-state index contributed by atoms with van der Waals surface area (Å²) in [4.78, 5) is 0. The van der Waals surface area contributed by atoms with E-state index in [-0.39, 0.29) is 13.2 Å². The molecule has 0 heterocycles. The molecule has 0 aromatic rings. The van der Waals surface area contributed by atoms with E-state index in [2.05, 4.69) is 5.32 Å². The Labute approximate surface area is 43.8 Å². The summed E-state index contributed by atoms with van der Waals surface area (Å²) in [6.07, 6.45) is 0. The Bertz CT molecular complexity index is 93.7. The fourth-order valence-electron chi connectivity index (χ4n) is 0.137. The maximum absolute atomic E-state index is 8.25. The molecule has 0 radical (unpaired) electrons. The van der Waals surface area contributed by atoms with Crippen LogP contribution in [0, 0.1) is 0 Å². The van der Waals surface area contributed by atoms with Gasteiger partial charge in [-0.15, -0.1) is 0 Å². The Morgan fingerprint density at radius 1 is 2.17 bits per heavy atom. The van der Waals surface area contributed by atoms with Crippen molar-refractivity contribution in [2.45, 2.75) is 6.85 Å². The van der Waals surface area contributed by atoms with Crippen LogP contribution >= 0.6 is 0 Å². The number of rotatable bonds is 3. The lowest BCUT2D eigenvalue weighted by molar-refractivity contribution is 0.293. The monoisotopic (exact) mass is 93.1 g/mol. The molecule has 6 heavy (non-hydrogen) atoms. The maximum Gasteiger partial charge on any atom is 0.0555 e. The molecule has 0 amide bonds. The van der Waals surface area contributed by atoms with Gasteiger partial charge < -0.3 is 10.4 Å². The molecule has 2 heteroatoms. The Balaban J connectivity index is 3.52. The molecular formula is C4H11NO. The minimum atomic E-state index is -2.30. The van der Waals surface area contributed by atoms with E-state index < -0.39 is 13.4 Å². The van der Waals surface area contributed by atoms with Gasteiger partial charge in [0.2, 0.25) is 0 Å². The number of hydrogen-bond donors (Lipinski definition) is 2. The van der Waals surface area contributed by atoms with Gasteiger partial charge in [0.15, 0.2) is 0 Å². The van der Waals surface area contributed by atoms with Crippen molar-refractivity contribution >= 4 is 0 Å². The summed E-state index contributed by atoms with van der Waals surface area (Å²) in [6.45, 7) is -3.59. The normalized spacial score (nSPS) is 26.2. The first-order chi connectivity index (χ1) is 4.48. The van der Waals surface area contributed by atoms with Gasteiger partial charge in [0.25, 0.3) is 0 Å². The van der Waals surface area contributed by atoms with Gasteiger partial charge in [0.05, 0.1) is 6.61 Å². The Kier molecular flexibility index (Phi) is 1.48. The average molecular weight is 93.2 g/mol. The van der Waals surface area contributed by atoms with Crippen LogP contribution in [-0.4, -0.2) is 24.8 Å². The van der Waals surface area contributed by atoms with Crippen LogP contribution in [0.2, 0.25) is 0 Å².